The third-order valence-corrected chi connectivity index (χ3v) is 5.50. The second-order valence-electron chi connectivity index (χ2n) is 7.87. The first-order valence-electron chi connectivity index (χ1n) is 11.2. The van der Waals surface area contributed by atoms with E-state index in [1.165, 1.54) is 4.90 Å². The molecule has 1 heterocycles. The number of nitrogens with one attached hydrogen (secondary N) is 3. The fourth-order valence-electron chi connectivity index (χ4n) is 3.46. The van der Waals surface area contributed by atoms with Crippen LogP contribution in [0.4, 0.5) is 0 Å². The molecule has 0 aromatic rings. The molecule has 0 aliphatic carbocycles. The van der Waals surface area contributed by atoms with E-state index in [1.54, 1.807) is 0 Å². The molecule has 14 heteroatoms. The van der Waals surface area contributed by atoms with Gasteiger partial charge in [-0.25, -0.2) is 4.79 Å². The monoisotopic (exact) mass is 501 g/mol. The van der Waals surface area contributed by atoms with E-state index >= 15 is 0 Å². The molecule has 34 heavy (non-hydrogen) atoms. The molecule has 192 valence electrons. The van der Waals surface area contributed by atoms with Crippen LogP contribution in [0.15, 0.2) is 4.99 Å². The summed E-state index contributed by atoms with van der Waals surface area (Å²) >= 11 is 4.13. The van der Waals surface area contributed by atoms with Crippen LogP contribution in [0.3, 0.4) is 0 Å². The van der Waals surface area contributed by atoms with E-state index < -0.39 is 41.8 Å². The van der Waals surface area contributed by atoms with E-state index in [-0.39, 0.29) is 43.7 Å². The van der Waals surface area contributed by atoms with Gasteiger partial charge in [0.25, 0.3) is 0 Å². The van der Waals surface area contributed by atoms with Crippen LogP contribution < -0.4 is 27.4 Å². The summed E-state index contributed by atoms with van der Waals surface area (Å²) < 4.78 is 0. The maximum absolute atomic E-state index is 13.0. The molecule has 1 fully saturated rings. The van der Waals surface area contributed by atoms with Crippen molar-refractivity contribution in [2.45, 2.75) is 63.6 Å². The Bertz CT molecular complexity index is 775. The predicted octanol–water partition coefficient (Wildman–Crippen LogP) is -2.07. The molecule has 1 aliphatic heterocycles. The molecule has 4 amide bonds. The van der Waals surface area contributed by atoms with Gasteiger partial charge in [-0.3, -0.25) is 24.2 Å². The van der Waals surface area contributed by atoms with Gasteiger partial charge >= 0.3 is 5.97 Å². The van der Waals surface area contributed by atoms with Crippen LogP contribution in [0.25, 0.3) is 0 Å². The molecule has 13 nitrogen and oxygen atoms in total. The number of thiol groups is 1. The van der Waals surface area contributed by atoms with Gasteiger partial charge in [-0.1, -0.05) is 6.92 Å². The first-order chi connectivity index (χ1) is 16.1. The second-order valence-corrected chi connectivity index (χ2v) is 8.23. The van der Waals surface area contributed by atoms with Crippen molar-refractivity contribution in [3.05, 3.63) is 0 Å². The van der Waals surface area contributed by atoms with Gasteiger partial charge in [0.15, 0.2) is 5.96 Å². The van der Waals surface area contributed by atoms with Crippen molar-refractivity contribution >= 4 is 48.2 Å². The molecule has 1 aliphatic rings. The minimum Gasteiger partial charge on any atom is -0.480 e. The number of hydrogen-bond acceptors (Lipinski definition) is 7. The standard InChI is InChI=1S/C20H35N7O6S/c1-2-5-15(28)24-10-16(29)25-13(11-34)18(31)27-9-4-7-14(27)17(30)26-12(19(32)33)6-3-8-23-20(21)22/h12-14,34H,2-11H2,1H3,(H,24,28)(H,25,29)(H,26,30)(H,32,33)(H4,21,22,23)/t12-,13-,14-/m0/s1. The zero-order valence-corrected chi connectivity index (χ0v) is 20.2. The Balaban J connectivity index is 2.71. The predicted molar refractivity (Wildman–Crippen MR) is 128 cm³/mol. The van der Waals surface area contributed by atoms with Gasteiger partial charge in [-0.05, 0) is 32.1 Å². The number of carbonyl (C=O) groups excluding carboxylic acids is 4. The summed E-state index contributed by atoms with van der Waals surface area (Å²) in [6.07, 6.45) is 2.29. The molecule has 1 rings (SSSR count). The van der Waals surface area contributed by atoms with E-state index in [0.29, 0.717) is 32.1 Å². The van der Waals surface area contributed by atoms with E-state index in [1.807, 2.05) is 6.92 Å². The van der Waals surface area contributed by atoms with Gasteiger partial charge in [0.05, 0.1) is 6.54 Å². The van der Waals surface area contributed by atoms with Crippen molar-refractivity contribution in [1.29, 1.82) is 0 Å². The van der Waals surface area contributed by atoms with Crippen LogP contribution in [-0.4, -0.2) is 89.1 Å². The average molecular weight is 502 g/mol. The first kappa shape index (κ1) is 29.0. The highest BCUT2D eigenvalue weighted by molar-refractivity contribution is 7.80. The summed E-state index contributed by atoms with van der Waals surface area (Å²) in [5, 5.41) is 16.9. The SMILES string of the molecule is CCCC(=O)NCC(=O)N[C@@H](CS)C(=O)N1CCC[C@H]1C(=O)N[C@@H](CCCN=C(N)N)C(=O)O. The van der Waals surface area contributed by atoms with Crippen molar-refractivity contribution in [3.8, 4) is 0 Å². The largest absolute Gasteiger partial charge is 0.480 e. The van der Waals surface area contributed by atoms with Gasteiger partial charge in [0.2, 0.25) is 23.6 Å². The lowest BCUT2D eigenvalue weighted by Crippen LogP contribution is -2.56. The highest BCUT2D eigenvalue weighted by Gasteiger charge is 2.38. The number of hydrogen-bond donors (Lipinski definition) is 7. The van der Waals surface area contributed by atoms with Crippen molar-refractivity contribution in [3.63, 3.8) is 0 Å². The Morgan fingerprint density at radius 2 is 1.85 bits per heavy atom. The number of amides is 4. The molecule has 0 saturated carbocycles. The minimum absolute atomic E-state index is 0.0130. The smallest absolute Gasteiger partial charge is 0.326 e. The highest BCUT2D eigenvalue weighted by Crippen LogP contribution is 2.19. The Kier molecular flexibility index (Phi) is 12.8. The van der Waals surface area contributed by atoms with Crippen LogP contribution in [0, 0.1) is 0 Å². The van der Waals surface area contributed by atoms with Crippen molar-refractivity contribution in [1.82, 2.24) is 20.9 Å². The zero-order chi connectivity index (χ0) is 25.7. The van der Waals surface area contributed by atoms with Crippen LogP contribution in [-0.2, 0) is 24.0 Å². The quantitative estimate of drug-likeness (QED) is 0.0607. The fourth-order valence-corrected chi connectivity index (χ4v) is 3.70. The molecule has 0 unspecified atom stereocenters. The lowest BCUT2D eigenvalue weighted by Gasteiger charge is -2.29. The summed E-state index contributed by atoms with van der Waals surface area (Å²) in [5.74, 6) is -3.24. The van der Waals surface area contributed by atoms with Gasteiger partial charge < -0.3 is 37.4 Å². The molecule has 8 N–H and O–H groups in total. The summed E-state index contributed by atoms with van der Waals surface area (Å²) in [4.78, 5) is 66.1. The van der Waals surface area contributed by atoms with E-state index in [4.69, 9.17) is 11.5 Å². The number of carbonyl (C=O) groups is 5. The number of guanidine groups is 1. The first-order valence-corrected chi connectivity index (χ1v) is 11.8. The Morgan fingerprint density at radius 3 is 2.44 bits per heavy atom. The summed E-state index contributed by atoms with van der Waals surface area (Å²) in [6, 6.07) is -3.02. The number of likely N-dealkylation sites (tertiary alicyclic amines) is 1. The van der Waals surface area contributed by atoms with Crippen molar-refractivity contribution in [2.75, 3.05) is 25.4 Å². The Hall–Kier alpha value is -3.03. The number of rotatable bonds is 14. The maximum Gasteiger partial charge on any atom is 0.326 e. The third kappa shape index (κ3) is 9.85. The minimum atomic E-state index is -1.21. The van der Waals surface area contributed by atoms with Crippen LogP contribution in [0.5, 0.6) is 0 Å². The molecule has 0 bridgehead atoms. The van der Waals surface area contributed by atoms with E-state index in [2.05, 4.69) is 33.6 Å². The van der Waals surface area contributed by atoms with Gasteiger partial charge in [0, 0.05) is 25.3 Å². The molecular weight excluding hydrogens is 466 g/mol. The summed E-state index contributed by atoms with van der Waals surface area (Å²) in [5.41, 5.74) is 10.5. The molecule has 1 saturated heterocycles. The number of carboxylic acids is 1. The van der Waals surface area contributed by atoms with Gasteiger partial charge in [-0.2, -0.15) is 12.6 Å². The van der Waals surface area contributed by atoms with Gasteiger partial charge in [0.1, 0.15) is 18.1 Å². The van der Waals surface area contributed by atoms with Crippen molar-refractivity contribution in [2.24, 2.45) is 16.5 Å². The average Bonchev–Trinajstić information content (AvgIpc) is 3.27. The van der Waals surface area contributed by atoms with Crippen molar-refractivity contribution < 1.29 is 29.1 Å². The molecule has 0 aromatic carbocycles. The fraction of sp³-hybridized carbons (Fsp3) is 0.700. The van der Waals surface area contributed by atoms with E-state index in [9.17, 15) is 29.1 Å². The number of nitrogens with zero attached hydrogens (tertiary/aromatic N) is 2. The summed E-state index contributed by atoms with van der Waals surface area (Å²) in [7, 11) is 0. The normalized spacial score (nSPS) is 16.8. The Labute approximate surface area is 203 Å². The molecular formula is C20H35N7O6S. The molecule has 3 atom stereocenters. The summed E-state index contributed by atoms with van der Waals surface area (Å²) in [6.45, 7) is 2.06. The zero-order valence-electron chi connectivity index (χ0n) is 19.3. The number of nitrogens with two attached hydrogens (primary N) is 2. The topological polar surface area (TPSA) is 209 Å². The van der Waals surface area contributed by atoms with E-state index in [0.717, 1.165) is 0 Å². The maximum atomic E-state index is 13.0. The molecule has 0 radical (unpaired) electrons. The third-order valence-electron chi connectivity index (χ3n) is 5.14. The number of aliphatic imine (C=N–C) groups is 1. The van der Waals surface area contributed by atoms with Crippen LogP contribution >= 0.6 is 12.6 Å². The molecule has 0 spiro atoms. The van der Waals surface area contributed by atoms with Crippen LogP contribution in [0.2, 0.25) is 0 Å². The van der Waals surface area contributed by atoms with Crippen LogP contribution in [0.1, 0.15) is 45.4 Å². The van der Waals surface area contributed by atoms with Gasteiger partial charge in [-0.15, -0.1) is 0 Å². The second kappa shape index (κ2) is 15.0. The lowest BCUT2D eigenvalue weighted by molar-refractivity contribution is -0.144. The number of carboxylic acid groups (broad SMARTS) is 1. The molecule has 0 aromatic heterocycles. The lowest BCUT2D eigenvalue weighted by atomic mass is 10.1. The Morgan fingerprint density at radius 1 is 1.15 bits per heavy atom. The highest BCUT2D eigenvalue weighted by atomic mass is 32.1. The number of aliphatic carboxylic acids is 1.